The molecular formula is C16H20FN5O2S. The van der Waals surface area contributed by atoms with Gasteiger partial charge in [-0.05, 0) is 44.2 Å². The molecule has 0 radical (unpaired) electrons. The van der Waals surface area contributed by atoms with Crippen LogP contribution in [0.1, 0.15) is 32.4 Å². The van der Waals surface area contributed by atoms with E-state index in [-0.39, 0.29) is 10.6 Å². The van der Waals surface area contributed by atoms with Crippen molar-refractivity contribution in [2.45, 2.75) is 36.9 Å². The molecule has 2 aromatic rings. The van der Waals surface area contributed by atoms with Crippen LogP contribution in [0.5, 0.6) is 0 Å². The molecule has 0 fully saturated rings. The van der Waals surface area contributed by atoms with Crippen LogP contribution in [0.15, 0.2) is 46.0 Å². The van der Waals surface area contributed by atoms with Gasteiger partial charge in [-0.3, -0.25) is 10.1 Å². The van der Waals surface area contributed by atoms with E-state index in [2.05, 4.69) is 10.3 Å². The van der Waals surface area contributed by atoms with E-state index < -0.39 is 16.8 Å². The van der Waals surface area contributed by atoms with E-state index >= 15 is 0 Å². The summed E-state index contributed by atoms with van der Waals surface area (Å²) in [6.07, 6.45) is 3.35. The summed E-state index contributed by atoms with van der Waals surface area (Å²) < 4.78 is 16.1. The highest BCUT2D eigenvalue weighted by atomic mass is 32.2. The number of hydrogen-bond donors (Lipinski definition) is 2. The van der Waals surface area contributed by atoms with Crippen LogP contribution >= 0.6 is 11.8 Å². The van der Waals surface area contributed by atoms with E-state index in [1.165, 1.54) is 6.07 Å². The Kier molecular flexibility index (Phi) is 5.68. The van der Waals surface area contributed by atoms with Crippen LogP contribution < -0.4 is 11.1 Å². The van der Waals surface area contributed by atoms with Crippen molar-refractivity contribution in [1.82, 2.24) is 14.9 Å². The summed E-state index contributed by atoms with van der Waals surface area (Å²) in [6, 6.07) is 1.96. The minimum Gasteiger partial charge on any atom is -0.386 e. The molecule has 1 aromatic heterocycles. The number of allylic oxidation sites excluding steroid dienone is 1. The van der Waals surface area contributed by atoms with Gasteiger partial charge in [0.25, 0.3) is 5.69 Å². The second-order valence-corrected chi connectivity index (χ2v) is 6.81. The fourth-order valence-corrected chi connectivity index (χ4v) is 3.00. The van der Waals surface area contributed by atoms with Gasteiger partial charge in [0.05, 0.1) is 33.3 Å². The molecule has 0 saturated heterocycles. The van der Waals surface area contributed by atoms with Gasteiger partial charge < -0.3 is 15.6 Å². The van der Waals surface area contributed by atoms with Crippen molar-refractivity contribution < 1.29 is 9.31 Å². The van der Waals surface area contributed by atoms with Crippen LogP contribution in [0, 0.1) is 15.9 Å². The smallest absolute Gasteiger partial charge is 0.277 e. The number of nitro benzene ring substituents is 1. The van der Waals surface area contributed by atoms with Gasteiger partial charge in [-0.15, -0.1) is 0 Å². The zero-order valence-electron chi connectivity index (χ0n) is 14.4. The van der Waals surface area contributed by atoms with Gasteiger partial charge in [0.2, 0.25) is 0 Å². The summed E-state index contributed by atoms with van der Waals surface area (Å²) in [5.74, 6) is -0.227. The number of aryl methyl sites for hydroxylation is 1. The van der Waals surface area contributed by atoms with Crippen LogP contribution in [0.25, 0.3) is 0 Å². The molecule has 2 rings (SSSR count). The minimum atomic E-state index is -0.661. The lowest BCUT2D eigenvalue weighted by Gasteiger charge is -2.18. The fourth-order valence-electron chi connectivity index (χ4n) is 2.15. The number of nitrogens with zero attached hydrogens (tertiary/aromatic N) is 3. The van der Waals surface area contributed by atoms with Crippen molar-refractivity contribution >= 4 is 17.4 Å². The van der Waals surface area contributed by atoms with Crippen LogP contribution in [0.3, 0.4) is 0 Å². The Bertz CT molecular complexity index is 830. The Balaban J connectivity index is 2.45. The van der Waals surface area contributed by atoms with Gasteiger partial charge in [0.1, 0.15) is 5.82 Å². The molecule has 3 N–H and O–H groups in total. The molecule has 0 aliphatic carbocycles. The number of hydrogen-bond acceptors (Lipinski definition) is 6. The van der Waals surface area contributed by atoms with E-state index in [0.717, 1.165) is 23.4 Å². The maximum absolute atomic E-state index is 14.4. The van der Waals surface area contributed by atoms with Crippen LogP contribution in [0.4, 0.5) is 10.1 Å². The van der Waals surface area contributed by atoms with Crippen LogP contribution in [-0.2, 0) is 7.05 Å². The summed E-state index contributed by atoms with van der Waals surface area (Å²) in [4.78, 5) is 15.1. The van der Waals surface area contributed by atoms with Gasteiger partial charge in [0.15, 0.2) is 5.16 Å². The molecule has 0 aliphatic heterocycles. The SMILES string of the molecule is CC(C)=C(N)NC(C)c1cc(Sc2nccn2C)c(F)cc1[N+](=O)[O-]. The molecule has 0 saturated carbocycles. The minimum absolute atomic E-state index is 0.263. The van der Waals surface area contributed by atoms with Crippen LogP contribution in [0.2, 0.25) is 0 Å². The predicted octanol–water partition coefficient (Wildman–Crippen LogP) is 3.48. The molecule has 0 spiro atoms. The zero-order valence-corrected chi connectivity index (χ0v) is 15.2. The van der Waals surface area contributed by atoms with Gasteiger partial charge in [-0.25, -0.2) is 9.37 Å². The number of aromatic nitrogens is 2. The van der Waals surface area contributed by atoms with E-state index in [1.54, 1.807) is 30.9 Å². The van der Waals surface area contributed by atoms with Gasteiger partial charge in [-0.1, -0.05) is 0 Å². The first kappa shape index (κ1) is 18.8. The highest BCUT2D eigenvalue weighted by Crippen LogP contribution is 2.35. The predicted molar refractivity (Wildman–Crippen MR) is 94.5 cm³/mol. The molecule has 1 aromatic carbocycles. The van der Waals surface area contributed by atoms with E-state index in [9.17, 15) is 14.5 Å². The van der Waals surface area contributed by atoms with Gasteiger partial charge in [0, 0.05) is 19.4 Å². The molecule has 0 aliphatic rings. The zero-order chi connectivity index (χ0) is 18.7. The van der Waals surface area contributed by atoms with Crippen molar-refractivity contribution in [3.05, 3.63) is 57.4 Å². The molecule has 1 heterocycles. The fraction of sp³-hybridized carbons (Fsp3) is 0.312. The summed E-state index contributed by atoms with van der Waals surface area (Å²) in [5.41, 5.74) is 6.81. The maximum Gasteiger partial charge on any atom is 0.277 e. The third kappa shape index (κ3) is 4.30. The van der Waals surface area contributed by atoms with Crippen LogP contribution in [-0.4, -0.2) is 14.5 Å². The average molecular weight is 365 g/mol. The van der Waals surface area contributed by atoms with Crippen molar-refractivity contribution in [2.75, 3.05) is 0 Å². The van der Waals surface area contributed by atoms with Crippen molar-refractivity contribution in [2.24, 2.45) is 12.8 Å². The lowest BCUT2D eigenvalue weighted by atomic mass is 10.1. The van der Waals surface area contributed by atoms with E-state index in [4.69, 9.17) is 5.73 Å². The normalized spacial score (nSPS) is 11.9. The first-order valence-corrected chi connectivity index (χ1v) is 8.34. The third-order valence-corrected chi connectivity index (χ3v) is 4.74. The molecular weight excluding hydrogens is 345 g/mol. The number of halogens is 1. The lowest BCUT2D eigenvalue weighted by Crippen LogP contribution is -2.25. The molecule has 7 nitrogen and oxygen atoms in total. The van der Waals surface area contributed by atoms with Crippen molar-refractivity contribution in [3.8, 4) is 0 Å². The number of nitrogens with one attached hydrogen (secondary N) is 1. The van der Waals surface area contributed by atoms with E-state index in [1.807, 2.05) is 13.8 Å². The Hall–Kier alpha value is -2.55. The maximum atomic E-state index is 14.4. The third-order valence-electron chi connectivity index (χ3n) is 3.63. The quantitative estimate of drug-likeness (QED) is 0.601. The number of nitro groups is 1. The topological polar surface area (TPSA) is 99.0 Å². The largest absolute Gasteiger partial charge is 0.386 e. The monoisotopic (exact) mass is 365 g/mol. The summed E-state index contributed by atoms with van der Waals surface area (Å²) in [6.45, 7) is 5.40. The van der Waals surface area contributed by atoms with Crippen molar-refractivity contribution in [3.63, 3.8) is 0 Å². The first-order valence-electron chi connectivity index (χ1n) is 7.53. The molecule has 1 unspecified atom stereocenters. The Morgan fingerprint density at radius 3 is 2.68 bits per heavy atom. The first-order chi connectivity index (χ1) is 11.7. The average Bonchev–Trinajstić information content (AvgIpc) is 2.93. The molecule has 0 amide bonds. The second kappa shape index (κ2) is 7.56. The lowest BCUT2D eigenvalue weighted by molar-refractivity contribution is -0.386. The second-order valence-electron chi connectivity index (χ2n) is 5.80. The Morgan fingerprint density at radius 1 is 1.48 bits per heavy atom. The van der Waals surface area contributed by atoms with Crippen molar-refractivity contribution in [1.29, 1.82) is 0 Å². The number of imidazole rings is 1. The van der Waals surface area contributed by atoms with Gasteiger partial charge >= 0.3 is 0 Å². The highest BCUT2D eigenvalue weighted by molar-refractivity contribution is 7.99. The van der Waals surface area contributed by atoms with Gasteiger partial charge in [-0.2, -0.15) is 0 Å². The summed E-state index contributed by atoms with van der Waals surface area (Å²) in [7, 11) is 1.79. The molecule has 1 atom stereocenters. The Morgan fingerprint density at radius 2 is 2.16 bits per heavy atom. The molecule has 134 valence electrons. The standard InChI is InChI=1S/C16H20FN5O2S/c1-9(2)15(18)20-10(3)11-7-14(12(17)8-13(11)22(23)24)25-16-19-5-6-21(16)4/h5-8,10,20H,18H2,1-4H3. The molecule has 25 heavy (non-hydrogen) atoms. The number of nitrogens with two attached hydrogens (primary N) is 1. The Labute approximate surface area is 149 Å². The van der Waals surface area contributed by atoms with E-state index in [0.29, 0.717) is 16.5 Å². The number of benzene rings is 1. The molecule has 0 bridgehead atoms. The summed E-state index contributed by atoms with van der Waals surface area (Å²) >= 11 is 1.11. The number of rotatable bonds is 6. The summed E-state index contributed by atoms with van der Waals surface area (Å²) in [5, 5.41) is 14.9. The molecule has 9 heteroatoms. The highest BCUT2D eigenvalue weighted by Gasteiger charge is 2.23.